The standard InChI is InChI=1S/C36H56O10/c1-18(2)19(3)32(45-23(7)39)33(46-24(8)40)20(4)26-11-12-27-25-17-42-34(41)29-15-30(43-21(5)37)31(44-22(6)38)16-36(29,10)28(25)13-14-35(26,27)9/h18-20,25-33H,11-17H2,1-10H3/t19-,20+,25+,26-,27+,28+,29-,30+,31-,32-,33-,35-,36-/m1/s1/i17T2,29T. The maximum atomic E-state index is 13.9. The molecular formula is C36H56O10. The highest BCUT2D eigenvalue weighted by molar-refractivity contribution is 5.75. The van der Waals surface area contributed by atoms with Crippen LogP contribution in [0.3, 0.4) is 0 Å². The van der Waals surface area contributed by atoms with Crippen molar-refractivity contribution < 1.29 is 51.8 Å². The third kappa shape index (κ3) is 6.96. The van der Waals surface area contributed by atoms with Crippen molar-refractivity contribution in [1.29, 1.82) is 0 Å². The van der Waals surface area contributed by atoms with Crippen LogP contribution in [0.2, 0.25) is 0 Å². The fourth-order valence-corrected chi connectivity index (χ4v) is 9.64. The maximum absolute atomic E-state index is 13.9. The average molecular weight is 655 g/mol. The van der Waals surface area contributed by atoms with Crippen molar-refractivity contribution in [2.45, 2.75) is 132 Å². The summed E-state index contributed by atoms with van der Waals surface area (Å²) in [6.07, 6.45) is -1.28. The molecule has 260 valence electrons. The monoisotopic (exact) mass is 654 g/mol. The molecule has 0 unspecified atom stereocenters. The van der Waals surface area contributed by atoms with Gasteiger partial charge in [-0.1, -0.05) is 41.5 Å². The van der Waals surface area contributed by atoms with Crippen molar-refractivity contribution in [3.05, 3.63) is 0 Å². The number of rotatable bonds is 9. The third-order valence-electron chi connectivity index (χ3n) is 12.1. The van der Waals surface area contributed by atoms with Crippen molar-refractivity contribution in [3.63, 3.8) is 0 Å². The number of cyclic esters (lactones) is 1. The van der Waals surface area contributed by atoms with E-state index in [0.717, 1.165) is 0 Å². The molecule has 1 saturated heterocycles. The molecule has 0 spiro atoms. The summed E-state index contributed by atoms with van der Waals surface area (Å²) in [5, 5.41) is 0. The second-order valence-electron chi connectivity index (χ2n) is 15.2. The van der Waals surface area contributed by atoms with Crippen molar-refractivity contribution in [3.8, 4) is 0 Å². The van der Waals surface area contributed by atoms with E-state index < -0.39 is 89.4 Å². The van der Waals surface area contributed by atoms with Gasteiger partial charge in [0, 0.05) is 41.4 Å². The number of hydrogen-bond acceptors (Lipinski definition) is 10. The number of carbonyl (C=O) groups is 5. The number of carbonyl (C=O) groups excluding carboxylic acids is 5. The summed E-state index contributed by atoms with van der Waals surface area (Å²) in [5.41, 5.74) is -1.66. The van der Waals surface area contributed by atoms with Crippen LogP contribution in [0.15, 0.2) is 0 Å². The van der Waals surface area contributed by atoms with E-state index in [9.17, 15) is 28.1 Å². The molecule has 3 saturated carbocycles. The van der Waals surface area contributed by atoms with E-state index in [1.807, 2.05) is 27.7 Å². The van der Waals surface area contributed by atoms with Crippen molar-refractivity contribution >= 4 is 29.8 Å². The predicted molar refractivity (Wildman–Crippen MR) is 168 cm³/mol. The van der Waals surface area contributed by atoms with Crippen molar-refractivity contribution in [2.24, 2.45) is 58.1 Å². The lowest BCUT2D eigenvalue weighted by Crippen LogP contribution is -2.56. The Hall–Kier alpha value is -2.65. The van der Waals surface area contributed by atoms with Gasteiger partial charge >= 0.3 is 29.8 Å². The highest BCUT2D eigenvalue weighted by Crippen LogP contribution is 2.66. The van der Waals surface area contributed by atoms with Crippen molar-refractivity contribution in [2.75, 3.05) is 6.56 Å². The molecule has 10 heteroatoms. The maximum Gasteiger partial charge on any atom is 0.309 e. The second-order valence-corrected chi connectivity index (χ2v) is 15.2. The Morgan fingerprint density at radius 2 is 1.39 bits per heavy atom. The Balaban J connectivity index is 1.76. The molecule has 46 heavy (non-hydrogen) atoms. The van der Waals surface area contributed by atoms with Gasteiger partial charge in [-0.15, -0.1) is 0 Å². The minimum absolute atomic E-state index is 0.0231. The molecule has 10 nitrogen and oxygen atoms in total. The van der Waals surface area contributed by atoms with Crippen molar-refractivity contribution in [1.82, 2.24) is 0 Å². The lowest BCUT2D eigenvalue weighted by molar-refractivity contribution is -0.189. The Kier molecular flexibility index (Phi) is 9.60. The summed E-state index contributed by atoms with van der Waals surface area (Å²) in [4.78, 5) is 62.9. The van der Waals surface area contributed by atoms with Crippen LogP contribution in [0.5, 0.6) is 0 Å². The van der Waals surface area contributed by atoms with Crippen LogP contribution in [0.1, 0.15) is 112 Å². The fraction of sp³-hybridized carbons (Fsp3) is 0.861. The van der Waals surface area contributed by atoms with Crippen LogP contribution >= 0.6 is 0 Å². The van der Waals surface area contributed by atoms with Gasteiger partial charge in [-0.3, -0.25) is 24.0 Å². The van der Waals surface area contributed by atoms with E-state index in [4.69, 9.17) is 23.7 Å². The molecule has 4 fully saturated rings. The molecule has 3 aliphatic carbocycles. The van der Waals surface area contributed by atoms with Crippen LogP contribution in [0.4, 0.5) is 0 Å². The predicted octanol–water partition coefficient (Wildman–Crippen LogP) is 5.67. The first-order valence-corrected chi connectivity index (χ1v) is 16.9. The van der Waals surface area contributed by atoms with Gasteiger partial charge in [-0.2, -0.15) is 0 Å². The zero-order chi connectivity index (χ0) is 37.0. The normalized spacial score (nSPS) is 41.6. The summed E-state index contributed by atoms with van der Waals surface area (Å²) in [5.74, 6) is -7.05. The number of hydrogen-bond donors (Lipinski definition) is 0. The van der Waals surface area contributed by atoms with Gasteiger partial charge in [0.25, 0.3) is 0 Å². The minimum atomic E-state index is -2.42. The van der Waals surface area contributed by atoms with E-state index in [-0.39, 0.29) is 42.4 Å². The van der Waals surface area contributed by atoms with Crippen LogP contribution in [-0.4, -0.2) is 60.8 Å². The molecule has 1 aliphatic heterocycles. The first-order chi connectivity index (χ1) is 22.5. The summed E-state index contributed by atoms with van der Waals surface area (Å²) < 4.78 is 56.8. The van der Waals surface area contributed by atoms with E-state index in [1.165, 1.54) is 27.7 Å². The molecule has 1 heterocycles. The van der Waals surface area contributed by atoms with Crippen LogP contribution in [-0.2, 0) is 47.7 Å². The quantitative estimate of drug-likeness (QED) is 0.226. The molecule has 4 aliphatic rings. The third-order valence-corrected chi connectivity index (χ3v) is 12.1. The van der Waals surface area contributed by atoms with Crippen LogP contribution in [0, 0.1) is 58.1 Å². The number of fused-ring (bicyclic) bond motifs is 5. The highest BCUT2D eigenvalue weighted by Gasteiger charge is 2.64. The average Bonchev–Trinajstić information content (AvgIpc) is 3.29. The number of ether oxygens (including phenoxy) is 5. The summed E-state index contributed by atoms with van der Waals surface area (Å²) >= 11 is 0. The molecule has 13 atom stereocenters. The Morgan fingerprint density at radius 3 is 1.96 bits per heavy atom. The van der Waals surface area contributed by atoms with Gasteiger partial charge in [0.2, 0.25) is 0 Å². The lowest BCUT2D eigenvalue weighted by Gasteiger charge is -2.56. The van der Waals surface area contributed by atoms with Crippen LogP contribution in [0.25, 0.3) is 0 Å². The van der Waals surface area contributed by atoms with E-state index >= 15 is 0 Å². The topological polar surface area (TPSA) is 132 Å². The number of esters is 5. The van der Waals surface area contributed by atoms with Gasteiger partial charge in [0.05, 0.1) is 15.2 Å². The first-order valence-electron chi connectivity index (χ1n) is 18.4. The fourth-order valence-electron chi connectivity index (χ4n) is 9.64. The lowest BCUT2D eigenvalue weighted by atomic mass is 9.48. The largest absolute Gasteiger partial charge is 0.465 e. The Bertz CT molecular complexity index is 1320. The molecule has 0 radical (unpaired) electrons. The van der Waals surface area contributed by atoms with Gasteiger partial charge in [0.1, 0.15) is 24.4 Å². The zero-order valence-electron chi connectivity index (χ0n) is 32.2. The molecule has 0 bridgehead atoms. The van der Waals surface area contributed by atoms with Gasteiger partial charge in [0.15, 0.2) is 0 Å². The molecular weight excluding hydrogens is 592 g/mol. The van der Waals surface area contributed by atoms with Gasteiger partial charge < -0.3 is 23.7 Å². The molecule has 0 N–H and O–H groups in total. The highest BCUT2D eigenvalue weighted by atomic mass is 16.6. The van der Waals surface area contributed by atoms with Gasteiger partial charge in [-0.05, 0) is 78.4 Å². The molecule has 4 rings (SSSR count). The molecule has 0 amide bonds. The first kappa shape index (κ1) is 31.9. The summed E-state index contributed by atoms with van der Waals surface area (Å²) in [6.45, 7) is 14.7. The summed E-state index contributed by atoms with van der Waals surface area (Å²) in [6, 6.07) is 0. The smallest absolute Gasteiger partial charge is 0.309 e. The minimum Gasteiger partial charge on any atom is -0.465 e. The Labute approximate surface area is 278 Å². The molecule has 0 aromatic heterocycles. The zero-order valence-corrected chi connectivity index (χ0v) is 29.2. The van der Waals surface area contributed by atoms with E-state index in [1.54, 1.807) is 6.92 Å². The SMILES string of the molecule is [3H]C1([3H])OC(=O)[C@@]2([3H])C[C@H](OC(C)=O)[C@H](OC(C)=O)C[C@]2(C)[C@H]2CC[C@]3(C)[C@@H]([C@H](C)[C@@H](OC(C)=O)[C@H](OC(C)=O)[C@H](C)C(C)C)CC[C@H]3[C@@H]21. The molecule has 0 aromatic carbocycles. The van der Waals surface area contributed by atoms with Gasteiger partial charge in [-0.25, -0.2) is 0 Å². The van der Waals surface area contributed by atoms with Crippen LogP contribution < -0.4 is 0 Å². The Morgan fingerprint density at radius 1 is 0.826 bits per heavy atom. The second kappa shape index (κ2) is 13.8. The molecule has 0 aromatic rings. The van der Waals surface area contributed by atoms with E-state index in [2.05, 4.69) is 6.92 Å². The van der Waals surface area contributed by atoms with E-state index in [0.29, 0.717) is 25.7 Å². The summed E-state index contributed by atoms with van der Waals surface area (Å²) in [7, 11) is 0.